The number of ketones is 1. The van der Waals surface area contributed by atoms with Gasteiger partial charge in [0.15, 0.2) is 12.4 Å². The molecule has 0 radical (unpaired) electrons. The summed E-state index contributed by atoms with van der Waals surface area (Å²) in [6.45, 7) is 4.68. The molecule has 3 heteroatoms. The molecule has 0 aliphatic heterocycles. The van der Waals surface area contributed by atoms with E-state index in [4.69, 9.17) is 0 Å². The van der Waals surface area contributed by atoms with E-state index in [1.807, 2.05) is 0 Å². The fourth-order valence-electron chi connectivity index (χ4n) is 0.435. The van der Waals surface area contributed by atoms with Crippen molar-refractivity contribution in [3.63, 3.8) is 0 Å². The Morgan fingerprint density at radius 3 is 2.64 bits per heavy atom. The van der Waals surface area contributed by atoms with Crippen molar-refractivity contribution in [2.75, 3.05) is 6.61 Å². The average molecular weight is 154 g/mol. The highest BCUT2D eigenvalue weighted by atomic mass is 16.5. The predicted molar refractivity (Wildman–Crippen MR) is 41.0 cm³/mol. The van der Waals surface area contributed by atoms with Crippen LogP contribution in [0.1, 0.15) is 6.92 Å². The van der Waals surface area contributed by atoms with Gasteiger partial charge in [0, 0.05) is 6.08 Å². The second kappa shape index (κ2) is 5.41. The molecule has 0 amide bonds. The molecule has 11 heavy (non-hydrogen) atoms. The minimum Gasteiger partial charge on any atom is -0.454 e. The molecule has 0 spiro atoms. The van der Waals surface area contributed by atoms with Crippen molar-refractivity contribution in [2.24, 2.45) is 0 Å². The normalized spacial score (nSPS) is 9.55. The van der Waals surface area contributed by atoms with E-state index in [-0.39, 0.29) is 12.4 Å². The Labute approximate surface area is 65.4 Å². The standard InChI is InChI=1S/C8H10O3/c1-3-5-7(9)6-11-8(10)4-2/h3-5H,2,6H2,1H3/b5-3+. The van der Waals surface area contributed by atoms with Gasteiger partial charge in [-0.3, -0.25) is 4.79 Å². The Bertz CT molecular complexity index is 192. The van der Waals surface area contributed by atoms with E-state index < -0.39 is 5.97 Å². The van der Waals surface area contributed by atoms with Crippen LogP contribution in [0.5, 0.6) is 0 Å². The zero-order valence-corrected chi connectivity index (χ0v) is 6.37. The molecule has 0 saturated heterocycles. The SMILES string of the molecule is C=CC(=O)OCC(=O)/C=C/C. The molecule has 3 nitrogen and oxygen atoms in total. The minimum absolute atomic E-state index is 0.213. The summed E-state index contributed by atoms with van der Waals surface area (Å²) in [5.74, 6) is -0.814. The first-order valence-electron chi connectivity index (χ1n) is 3.15. The van der Waals surface area contributed by atoms with E-state index in [1.54, 1.807) is 13.0 Å². The summed E-state index contributed by atoms with van der Waals surface area (Å²) in [7, 11) is 0. The van der Waals surface area contributed by atoms with Crippen LogP contribution in [0.2, 0.25) is 0 Å². The third-order valence-corrected chi connectivity index (χ3v) is 0.876. The van der Waals surface area contributed by atoms with E-state index in [1.165, 1.54) is 6.08 Å². The fraction of sp³-hybridized carbons (Fsp3) is 0.250. The average Bonchev–Trinajstić information content (AvgIpc) is 2.01. The van der Waals surface area contributed by atoms with Crippen molar-refractivity contribution < 1.29 is 14.3 Å². The van der Waals surface area contributed by atoms with Gasteiger partial charge in [-0.05, 0) is 13.0 Å². The van der Waals surface area contributed by atoms with E-state index in [9.17, 15) is 9.59 Å². The lowest BCUT2D eigenvalue weighted by Gasteiger charge is -1.95. The molecule has 0 N–H and O–H groups in total. The quantitative estimate of drug-likeness (QED) is 0.445. The lowest BCUT2D eigenvalue weighted by molar-refractivity contribution is -0.141. The topological polar surface area (TPSA) is 43.4 Å². The molecule has 0 rings (SSSR count). The zero-order chi connectivity index (χ0) is 8.69. The summed E-state index contributed by atoms with van der Waals surface area (Å²) >= 11 is 0. The van der Waals surface area contributed by atoms with Crippen molar-refractivity contribution in [1.29, 1.82) is 0 Å². The minimum atomic E-state index is -0.581. The van der Waals surface area contributed by atoms with Crippen molar-refractivity contribution in [3.8, 4) is 0 Å². The van der Waals surface area contributed by atoms with E-state index >= 15 is 0 Å². The maximum atomic E-state index is 10.7. The van der Waals surface area contributed by atoms with Gasteiger partial charge in [0.05, 0.1) is 0 Å². The maximum Gasteiger partial charge on any atom is 0.330 e. The Balaban J connectivity index is 3.62. The van der Waals surface area contributed by atoms with Crippen molar-refractivity contribution in [2.45, 2.75) is 6.92 Å². The number of carbonyl (C=O) groups excluding carboxylic acids is 2. The molecule has 0 aromatic rings. The van der Waals surface area contributed by atoms with Gasteiger partial charge in [0.25, 0.3) is 0 Å². The third-order valence-electron chi connectivity index (χ3n) is 0.876. The van der Waals surface area contributed by atoms with Gasteiger partial charge in [-0.15, -0.1) is 0 Å². The lowest BCUT2D eigenvalue weighted by Crippen LogP contribution is -2.09. The van der Waals surface area contributed by atoms with Gasteiger partial charge in [-0.1, -0.05) is 12.7 Å². The van der Waals surface area contributed by atoms with Crippen LogP contribution in [0, 0.1) is 0 Å². The van der Waals surface area contributed by atoms with Gasteiger partial charge in [-0.2, -0.15) is 0 Å². The second-order valence-corrected chi connectivity index (χ2v) is 1.78. The number of esters is 1. The second-order valence-electron chi connectivity index (χ2n) is 1.78. The summed E-state index contributed by atoms with van der Waals surface area (Å²) in [5, 5.41) is 0. The van der Waals surface area contributed by atoms with E-state index in [0.717, 1.165) is 6.08 Å². The molecule has 0 bridgehead atoms. The zero-order valence-electron chi connectivity index (χ0n) is 6.37. The molecule has 60 valence electrons. The molecule has 0 atom stereocenters. The summed E-state index contributed by atoms with van der Waals surface area (Å²) in [4.78, 5) is 21.1. The van der Waals surface area contributed by atoms with Crippen LogP contribution in [0.4, 0.5) is 0 Å². The largest absolute Gasteiger partial charge is 0.454 e. The third kappa shape index (κ3) is 5.08. The van der Waals surface area contributed by atoms with Crippen LogP contribution < -0.4 is 0 Å². The van der Waals surface area contributed by atoms with E-state index in [2.05, 4.69) is 11.3 Å². The van der Waals surface area contributed by atoms with Crippen LogP contribution in [0.3, 0.4) is 0 Å². The van der Waals surface area contributed by atoms with Crippen molar-refractivity contribution in [3.05, 3.63) is 24.8 Å². The van der Waals surface area contributed by atoms with Crippen LogP contribution >= 0.6 is 0 Å². The summed E-state index contributed by atoms with van der Waals surface area (Å²) in [5.41, 5.74) is 0. The van der Waals surface area contributed by atoms with Gasteiger partial charge in [0.1, 0.15) is 0 Å². The van der Waals surface area contributed by atoms with E-state index in [0.29, 0.717) is 0 Å². The smallest absolute Gasteiger partial charge is 0.330 e. The van der Waals surface area contributed by atoms with Gasteiger partial charge < -0.3 is 4.74 Å². The van der Waals surface area contributed by atoms with Crippen LogP contribution in [-0.4, -0.2) is 18.4 Å². The molecule has 0 unspecified atom stereocenters. The molecule has 0 aliphatic rings. The molecule has 0 aromatic carbocycles. The van der Waals surface area contributed by atoms with Crippen LogP contribution in [-0.2, 0) is 14.3 Å². The molecule has 0 heterocycles. The first kappa shape index (κ1) is 9.62. The Kier molecular flexibility index (Phi) is 4.73. The number of rotatable bonds is 4. The van der Waals surface area contributed by atoms with Crippen LogP contribution in [0.15, 0.2) is 24.8 Å². The first-order valence-corrected chi connectivity index (χ1v) is 3.15. The number of allylic oxidation sites excluding steroid dienone is 1. The predicted octanol–water partition coefficient (Wildman–Crippen LogP) is 0.861. The van der Waals surface area contributed by atoms with Crippen molar-refractivity contribution >= 4 is 11.8 Å². The Morgan fingerprint density at radius 2 is 2.18 bits per heavy atom. The van der Waals surface area contributed by atoms with Crippen LogP contribution in [0.25, 0.3) is 0 Å². The Hall–Kier alpha value is -1.38. The monoisotopic (exact) mass is 154 g/mol. The maximum absolute atomic E-state index is 10.7. The molecular formula is C8H10O3. The summed E-state index contributed by atoms with van der Waals surface area (Å²) in [6, 6.07) is 0. The molecule has 0 saturated carbocycles. The lowest BCUT2D eigenvalue weighted by atomic mass is 10.4. The number of carbonyl (C=O) groups is 2. The molecule has 0 fully saturated rings. The van der Waals surface area contributed by atoms with Crippen molar-refractivity contribution in [1.82, 2.24) is 0 Å². The fourth-order valence-corrected chi connectivity index (χ4v) is 0.435. The molecule has 0 aromatic heterocycles. The highest BCUT2D eigenvalue weighted by Gasteiger charge is 1.99. The number of hydrogen-bond acceptors (Lipinski definition) is 3. The summed E-state index contributed by atoms with van der Waals surface area (Å²) < 4.78 is 4.45. The highest BCUT2D eigenvalue weighted by Crippen LogP contribution is 1.82. The number of hydrogen-bond donors (Lipinski definition) is 0. The van der Waals surface area contributed by atoms with Gasteiger partial charge in [-0.25, -0.2) is 4.79 Å². The van der Waals surface area contributed by atoms with Gasteiger partial charge >= 0.3 is 5.97 Å². The Morgan fingerprint density at radius 1 is 1.55 bits per heavy atom. The molecular weight excluding hydrogens is 144 g/mol. The van der Waals surface area contributed by atoms with Gasteiger partial charge in [0.2, 0.25) is 0 Å². The number of ether oxygens (including phenoxy) is 1. The summed E-state index contributed by atoms with van der Waals surface area (Å²) in [6.07, 6.45) is 3.95. The first-order chi connectivity index (χ1) is 5.20. The highest BCUT2D eigenvalue weighted by molar-refractivity contribution is 5.92. The molecule has 0 aliphatic carbocycles.